The lowest BCUT2D eigenvalue weighted by Crippen LogP contribution is -2.42. The molecule has 0 spiro atoms. The van der Waals surface area contributed by atoms with E-state index in [4.69, 9.17) is 0 Å². The predicted octanol–water partition coefficient (Wildman–Crippen LogP) is 2.76. The number of carbonyl (C=O) groups excluding carboxylic acids is 2. The Kier molecular flexibility index (Phi) is 4.81. The van der Waals surface area contributed by atoms with Crippen LogP contribution in [0, 0.1) is 0 Å². The third kappa shape index (κ3) is 3.60. The van der Waals surface area contributed by atoms with Crippen LogP contribution < -0.4 is 10.6 Å². The standard InChI is InChI=1S/C15H22N2O2S/c1-3-15(9-7-14(19)17-15)8-6-13(18)16-11(2)12-5-4-10-20-12/h4-5,10-11H,3,6-9H2,1-2H3,(H,16,18)(H,17,19)/t11-,15-/m1/s1. The van der Waals surface area contributed by atoms with Gasteiger partial charge in [0.2, 0.25) is 11.8 Å². The maximum absolute atomic E-state index is 12.0. The van der Waals surface area contributed by atoms with Crippen LogP contribution >= 0.6 is 11.3 Å². The highest BCUT2D eigenvalue weighted by atomic mass is 32.1. The van der Waals surface area contributed by atoms with Gasteiger partial charge in [-0.05, 0) is 37.6 Å². The quantitative estimate of drug-likeness (QED) is 0.847. The summed E-state index contributed by atoms with van der Waals surface area (Å²) < 4.78 is 0. The molecule has 0 saturated carbocycles. The number of rotatable bonds is 6. The van der Waals surface area contributed by atoms with Crippen molar-refractivity contribution in [2.45, 2.75) is 57.5 Å². The first-order chi connectivity index (χ1) is 9.54. The average Bonchev–Trinajstić information content (AvgIpc) is 3.06. The van der Waals surface area contributed by atoms with E-state index < -0.39 is 0 Å². The van der Waals surface area contributed by atoms with Crippen LogP contribution in [-0.4, -0.2) is 17.4 Å². The summed E-state index contributed by atoms with van der Waals surface area (Å²) in [5.74, 6) is 0.166. The zero-order chi connectivity index (χ0) is 14.6. The van der Waals surface area contributed by atoms with Gasteiger partial charge in [0.25, 0.3) is 0 Å². The van der Waals surface area contributed by atoms with E-state index in [0.29, 0.717) is 12.8 Å². The third-order valence-electron chi connectivity index (χ3n) is 4.09. The molecule has 1 aromatic heterocycles. The van der Waals surface area contributed by atoms with Gasteiger partial charge in [-0.3, -0.25) is 9.59 Å². The van der Waals surface area contributed by atoms with E-state index in [0.717, 1.165) is 24.1 Å². The summed E-state index contributed by atoms with van der Waals surface area (Å²) in [7, 11) is 0. The summed E-state index contributed by atoms with van der Waals surface area (Å²) in [5.41, 5.74) is -0.166. The van der Waals surface area contributed by atoms with Gasteiger partial charge in [0, 0.05) is 23.3 Å². The van der Waals surface area contributed by atoms with Crippen LogP contribution in [0.4, 0.5) is 0 Å². The van der Waals surface area contributed by atoms with Crippen molar-refractivity contribution in [3.8, 4) is 0 Å². The summed E-state index contributed by atoms with van der Waals surface area (Å²) in [4.78, 5) is 24.6. The molecule has 1 aliphatic heterocycles. The van der Waals surface area contributed by atoms with Crippen molar-refractivity contribution in [3.05, 3.63) is 22.4 Å². The second-order valence-corrected chi connectivity index (χ2v) is 6.47. The highest BCUT2D eigenvalue weighted by molar-refractivity contribution is 7.10. The van der Waals surface area contributed by atoms with Crippen molar-refractivity contribution < 1.29 is 9.59 Å². The number of hydrogen-bond acceptors (Lipinski definition) is 3. The molecule has 2 heterocycles. The van der Waals surface area contributed by atoms with Crippen molar-refractivity contribution in [3.63, 3.8) is 0 Å². The molecule has 1 aliphatic rings. The number of thiophene rings is 1. The molecule has 2 atom stereocenters. The lowest BCUT2D eigenvalue weighted by molar-refractivity contribution is -0.123. The average molecular weight is 294 g/mol. The van der Waals surface area contributed by atoms with E-state index >= 15 is 0 Å². The fourth-order valence-electron chi connectivity index (χ4n) is 2.68. The fourth-order valence-corrected chi connectivity index (χ4v) is 3.41. The van der Waals surface area contributed by atoms with Crippen molar-refractivity contribution >= 4 is 23.2 Å². The summed E-state index contributed by atoms with van der Waals surface area (Å²) in [5, 5.41) is 8.07. The molecule has 4 nitrogen and oxygen atoms in total. The van der Waals surface area contributed by atoms with Crippen LogP contribution in [0.25, 0.3) is 0 Å². The molecule has 0 unspecified atom stereocenters. The molecular weight excluding hydrogens is 272 g/mol. The minimum absolute atomic E-state index is 0.0539. The Morgan fingerprint density at radius 3 is 2.95 bits per heavy atom. The SMILES string of the molecule is CC[C@@]1(CCC(=O)N[C@H](C)c2cccs2)CCC(=O)N1. The first-order valence-corrected chi connectivity index (χ1v) is 8.06. The Labute approximate surface area is 124 Å². The van der Waals surface area contributed by atoms with Crippen LogP contribution in [0.15, 0.2) is 17.5 Å². The first kappa shape index (κ1) is 15.0. The van der Waals surface area contributed by atoms with Gasteiger partial charge in [0.1, 0.15) is 0 Å². The molecule has 0 aromatic carbocycles. The van der Waals surface area contributed by atoms with E-state index in [1.165, 1.54) is 0 Å². The van der Waals surface area contributed by atoms with Gasteiger partial charge in [-0.25, -0.2) is 0 Å². The van der Waals surface area contributed by atoms with Crippen molar-refractivity contribution in [1.82, 2.24) is 10.6 Å². The Hall–Kier alpha value is -1.36. The van der Waals surface area contributed by atoms with Crippen LogP contribution in [0.5, 0.6) is 0 Å². The summed E-state index contributed by atoms with van der Waals surface area (Å²) in [6.45, 7) is 4.06. The molecule has 1 saturated heterocycles. The second-order valence-electron chi connectivity index (χ2n) is 5.49. The molecule has 2 rings (SSSR count). The van der Waals surface area contributed by atoms with E-state index in [1.807, 2.05) is 24.4 Å². The molecule has 5 heteroatoms. The predicted molar refractivity (Wildman–Crippen MR) is 80.5 cm³/mol. The zero-order valence-electron chi connectivity index (χ0n) is 12.1. The Morgan fingerprint density at radius 1 is 1.60 bits per heavy atom. The minimum atomic E-state index is -0.166. The third-order valence-corrected chi connectivity index (χ3v) is 5.15. The van der Waals surface area contributed by atoms with Crippen LogP contribution in [-0.2, 0) is 9.59 Å². The molecule has 20 heavy (non-hydrogen) atoms. The number of amides is 2. The van der Waals surface area contributed by atoms with Crippen LogP contribution in [0.3, 0.4) is 0 Å². The van der Waals surface area contributed by atoms with E-state index in [9.17, 15) is 9.59 Å². The Balaban J connectivity index is 1.81. The van der Waals surface area contributed by atoms with Crippen molar-refractivity contribution in [1.29, 1.82) is 0 Å². The lowest BCUT2D eigenvalue weighted by atomic mass is 9.89. The Morgan fingerprint density at radius 2 is 2.40 bits per heavy atom. The van der Waals surface area contributed by atoms with Crippen molar-refractivity contribution in [2.75, 3.05) is 0 Å². The highest BCUT2D eigenvalue weighted by Crippen LogP contribution is 2.28. The molecule has 1 aromatic rings. The van der Waals surface area contributed by atoms with Gasteiger partial charge in [-0.15, -0.1) is 11.3 Å². The van der Waals surface area contributed by atoms with Gasteiger partial charge < -0.3 is 10.6 Å². The summed E-state index contributed by atoms with van der Waals surface area (Å²) in [6, 6.07) is 4.07. The molecule has 0 bridgehead atoms. The Bertz CT molecular complexity index is 472. The first-order valence-electron chi connectivity index (χ1n) is 7.18. The van der Waals surface area contributed by atoms with Crippen LogP contribution in [0.1, 0.15) is 56.9 Å². The molecule has 0 aliphatic carbocycles. The van der Waals surface area contributed by atoms with Gasteiger partial charge in [0.15, 0.2) is 0 Å². The summed E-state index contributed by atoms with van der Waals surface area (Å²) >= 11 is 1.65. The lowest BCUT2D eigenvalue weighted by Gasteiger charge is -2.27. The maximum Gasteiger partial charge on any atom is 0.220 e. The molecule has 110 valence electrons. The molecule has 2 N–H and O–H groups in total. The fraction of sp³-hybridized carbons (Fsp3) is 0.600. The number of hydrogen-bond donors (Lipinski definition) is 2. The largest absolute Gasteiger partial charge is 0.351 e. The molecule has 0 radical (unpaired) electrons. The minimum Gasteiger partial charge on any atom is -0.351 e. The molecule has 1 fully saturated rings. The van der Waals surface area contributed by atoms with Gasteiger partial charge in [-0.1, -0.05) is 13.0 Å². The maximum atomic E-state index is 12.0. The smallest absolute Gasteiger partial charge is 0.220 e. The van der Waals surface area contributed by atoms with Gasteiger partial charge >= 0.3 is 0 Å². The monoisotopic (exact) mass is 294 g/mol. The van der Waals surface area contributed by atoms with E-state index in [2.05, 4.69) is 17.6 Å². The van der Waals surface area contributed by atoms with Crippen LogP contribution in [0.2, 0.25) is 0 Å². The molecular formula is C15H22N2O2S. The number of nitrogens with one attached hydrogen (secondary N) is 2. The normalized spacial score (nSPS) is 23.4. The second kappa shape index (κ2) is 6.39. The topological polar surface area (TPSA) is 58.2 Å². The van der Waals surface area contributed by atoms with Gasteiger partial charge in [-0.2, -0.15) is 0 Å². The van der Waals surface area contributed by atoms with E-state index in [1.54, 1.807) is 11.3 Å². The summed E-state index contributed by atoms with van der Waals surface area (Å²) in [6.07, 6.45) is 3.49. The van der Waals surface area contributed by atoms with Gasteiger partial charge in [0.05, 0.1) is 6.04 Å². The van der Waals surface area contributed by atoms with Crippen molar-refractivity contribution in [2.24, 2.45) is 0 Å². The highest BCUT2D eigenvalue weighted by Gasteiger charge is 2.35. The number of carbonyl (C=O) groups is 2. The zero-order valence-corrected chi connectivity index (χ0v) is 12.9. The van der Waals surface area contributed by atoms with E-state index in [-0.39, 0.29) is 23.4 Å². The molecule has 2 amide bonds.